The highest BCUT2D eigenvalue weighted by Gasteiger charge is 2.41. The summed E-state index contributed by atoms with van der Waals surface area (Å²) in [6, 6.07) is 10.2. The Morgan fingerprint density at radius 1 is 1.43 bits per heavy atom. The molecule has 0 radical (unpaired) electrons. The van der Waals surface area contributed by atoms with Crippen molar-refractivity contribution >= 4 is 34.0 Å². The summed E-state index contributed by atoms with van der Waals surface area (Å²) in [6.45, 7) is 5.73. The van der Waals surface area contributed by atoms with Crippen LogP contribution in [0, 0.1) is 18.3 Å². The molecule has 1 aromatic heterocycles. The van der Waals surface area contributed by atoms with Crippen LogP contribution in [0.1, 0.15) is 36.3 Å². The van der Waals surface area contributed by atoms with Crippen molar-refractivity contribution in [1.82, 2.24) is 10.2 Å². The van der Waals surface area contributed by atoms with Crippen LogP contribution >= 0.6 is 23.1 Å². The number of carbonyl (C=O) groups excluding carboxylic acids is 1. The van der Waals surface area contributed by atoms with Gasteiger partial charge >= 0.3 is 0 Å². The van der Waals surface area contributed by atoms with Crippen molar-refractivity contribution < 1.29 is 4.79 Å². The minimum absolute atomic E-state index is 0.0683. The van der Waals surface area contributed by atoms with E-state index in [0.29, 0.717) is 34.9 Å². The van der Waals surface area contributed by atoms with Gasteiger partial charge in [0.15, 0.2) is 10.1 Å². The van der Waals surface area contributed by atoms with E-state index in [4.69, 9.17) is 5.73 Å². The van der Waals surface area contributed by atoms with Gasteiger partial charge < -0.3 is 5.73 Å². The summed E-state index contributed by atoms with van der Waals surface area (Å²) in [6.07, 6.45) is 3.74. The standard InChI is InChI=1S/C22H21N5OS2/c1-3-10-29-22-26-25-21(30-22)27-16-8-5-9-17(28)19(16)18(15(12-23)20(27)24)14-7-4-6-13(2)11-14/h3-4,6-7,11,18H,1,5,8-10,24H2,2H3. The van der Waals surface area contributed by atoms with Crippen molar-refractivity contribution in [2.24, 2.45) is 5.73 Å². The first-order valence-corrected chi connectivity index (χ1v) is 11.4. The van der Waals surface area contributed by atoms with Gasteiger partial charge in [-0.05, 0) is 25.3 Å². The van der Waals surface area contributed by atoms with E-state index >= 15 is 0 Å². The van der Waals surface area contributed by atoms with E-state index in [-0.39, 0.29) is 5.78 Å². The predicted molar refractivity (Wildman–Crippen MR) is 120 cm³/mol. The Balaban J connectivity index is 1.88. The van der Waals surface area contributed by atoms with E-state index in [2.05, 4.69) is 22.8 Å². The average molecular weight is 436 g/mol. The number of hydrogen-bond donors (Lipinski definition) is 1. The van der Waals surface area contributed by atoms with Gasteiger partial charge in [0.2, 0.25) is 5.13 Å². The fourth-order valence-electron chi connectivity index (χ4n) is 3.97. The zero-order chi connectivity index (χ0) is 21.3. The SMILES string of the molecule is C=CCSc1nnc(N2C(N)=C(C#N)C(c3cccc(C)c3)C3=C2CCCC3=O)s1. The van der Waals surface area contributed by atoms with Crippen molar-refractivity contribution in [2.75, 3.05) is 10.7 Å². The number of ketones is 1. The summed E-state index contributed by atoms with van der Waals surface area (Å²) < 4.78 is 0.793. The number of thioether (sulfide) groups is 1. The molecule has 30 heavy (non-hydrogen) atoms. The van der Waals surface area contributed by atoms with Crippen molar-refractivity contribution in [3.05, 3.63) is 70.7 Å². The molecular formula is C22H21N5OS2. The van der Waals surface area contributed by atoms with E-state index in [9.17, 15) is 10.1 Å². The lowest BCUT2D eigenvalue weighted by Gasteiger charge is -2.38. The third kappa shape index (κ3) is 3.55. The number of anilines is 1. The van der Waals surface area contributed by atoms with Gasteiger partial charge in [-0.3, -0.25) is 9.69 Å². The van der Waals surface area contributed by atoms with Crippen LogP contribution in [-0.4, -0.2) is 21.7 Å². The number of nitrogens with zero attached hydrogens (tertiary/aromatic N) is 4. The van der Waals surface area contributed by atoms with Gasteiger partial charge in [-0.25, -0.2) is 0 Å². The van der Waals surface area contributed by atoms with Crippen LogP contribution in [0.15, 0.2) is 63.9 Å². The third-order valence-electron chi connectivity index (χ3n) is 5.20. The second-order valence-corrected chi connectivity index (χ2v) is 9.40. The summed E-state index contributed by atoms with van der Waals surface area (Å²) in [5.74, 6) is 0.676. The fourth-order valence-corrected chi connectivity index (χ4v) is 5.61. The number of nitrogens with two attached hydrogens (primary N) is 1. The molecule has 6 nitrogen and oxygen atoms in total. The number of Topliss-reactive ketones (excluding diaryl/α,β-unsaturated/α-hetero) is 1. The molecule has 2 aromatic rings. The number of hydrogen-bond acceptors (Lipinski definition) is 8. The summed E-state index contributed by atoms with van der Waals surface area (Å²) in [5, 5.41) is 19.2. The molecule has 1 unspecified atom stereocenters. The molecule has 1 atom stereocenters. The Hall–Kier alpha value is -2.89. The van der Waals surface area contributed by atoms with Crippen LogP contribution in [0.4, 0.5) is 5.13 Å². The lowest BCUT2D eigenvalue weighted by molar-refractivity contribution is -0.116. The molecule has 152 valence electrons. The number of carbonyl (C=O) groups is 1. The van der Waals surface area contributed by atoms with Crippen molar-refractivity contribution in [3.8, 4) is 6.07 Å². The topological polar surface area (TPSA) is 95.9 Å². The van der Waals surface area contributed by atoms with Crippen LogP contribution in [-0.2, 0) is 4.79 Å². The first-order valence-electron chi connectivity index (χ1n) is 9.65. The Morgan fingerprint density at radius 2 is 2.27 bits per heavy atom. The van der Waals surface area contributed by atoms with Gasteiger partial charge in [0.1, 0.15) is 5.82 Å². The van der Waals surface area contributed by atoms with Gasteiger partial charge in [-0.1, -0.05) is 59.0 Å². The number of aromatic nitrogens is 2. The Labute approximate surface area is 183 Å². The minimum atomic E-state index is -0.448. The van der Waals surface area contributed by atoms with Gasteiger partial charge in [0, 0.05) is 23.4 Å². The van der Waals surface area contributed by atoms with E-state index in [1.165, 1.54) is 23.1 Å². The highest BCUT2D eigenvalue weighted by atomic mass is 32.2. The van der Waals surface area contributed by atoms with Gasteiger partial charge in [0.05, 0.1) is 17.6 Å². The fraction of sp³-hybridized carbons (Fsp3) is 0.273. The highest BCUT2D eigenvalue weighted by Crippen LogP contribution is 2.47. The summed E-state index contributed by atoms with van der Waals surface area (Å²) >= 11 is 2.94. The number of rotatable bonds is 5. The molecule has 1 aliphatic heterocycles. The van der Waals surface area contributed by atoms with Crippen LogP contribution in [0.3, 0.4) is 0 Å². The van der Waals surface area contributed by atoms with Gasteiger partial charge in [0.25, 0.3) is 0 Å². The predicted octanol–water partition coefficient (Wildman–Crippen LogP) is 4.43. The Bertz CT molecular complexity index is 1120. The van der Waals surface area contributed by atoms with E-state index in [1.807, 2.05) is 37.3 Å². The maximum Gasteiger partial charge on any atom is 0.219 e. The lowest BCUT2D eigenvalue weighted by atomic mass is 9.75. The summed E-state index contributed by atoms with van der Waals surface area (Å²) in [5.41, 5.74) is 10.4. The smallest absolute Gasteiger partial charge is 0.219 e. The maximum atomic E-state index is 13.1. The molecule has 0 bridgehead atoms. The van der Waals surface area contributed by atoms with Crippen molar-refractivity contribution in [3.63, 3.8) is 0 Å². The zero-order valence-electron chi connectivity index (χ0n) is 16.6. The van der Waals surface area contributed by atoms with E-state index in [1.54, 1.807) is 4.90 Å². The van der Waals surface area contributed by atoms with Gasteiger partial charge in [-0.15, -0.1) is 16.8 Å². The largest absolute Gasteiger partial charge is 0.384 e. The summed E-state index contributed by atoms with van der Waals surface area (Å²) in [7, 11) is 0. The third-order valence-corrected chi connectivity index (χ3v) is 7.24. The highest BCUT2D eigenvalue weighted by molar-refractivity contribution is 8.01. The molecule has 0 saturated carbocycles. The van der Waals surface area contributed by atoms with Crippen molar-refractivity contribution in [1.29, 1.82) is 5.26 Å². The van der Waals surface area contributed by atoms with Crippen LogP contribution < -0.4 is 10.6 Å². The van der Waals surface area contributed by atoms with Crippen LogP contribution in [0.2, 0.25) is 0 Å². The molecule has 2 N–H and O–H groups in total. The van der Waals surface area contributed by atoms with Gasteiger partial charge in [-0.2, -0.15) is 5.26 Å². The first kappa shape index (κ1) is 20.4. The number of nitriles is 1. The van der Waals surface area contributed by atoms with E-state index in [0.717, 1.165) is 33.3 Å². The number of allylic oxidation sites excluding steroid dienone is 3. The molecule has 0 saturated heterocycles. The zero-order valence-corrected chi connectivity index (χ0v) is 18.2. The molecule has 0 spiro atoms. The normalized spacial score (nSPS) is 19.0. The Kier molecular flexibility index (Phi) is 5.75. The van der Waals surface area contributed by atoms with E-state index < -0.39 is 5.92 Å². The molecule has 0 amide bonds. The molecule has 0 fully saturated rings. The second kappa shape index (κ2) is 8.46. The lowest BCUT2D eigenvalue weighted by Crippen LogP contribution is -2.38. The quantitative estimate of drug-likeness (QED) is 0.548. The van der Waals surface area contributed by atoms with Crippen molar-refractivity contribution in [2.45, 2.75) is 36.4 Å². The molecule has 1 aromatic carbocycles. The maximum absolute atomic E-state index is 13.1. The Morgan fingerprint density at radius 3 is 3.00 bits per heavy atom. The molecule has 8 heteroatoms. The molecule has 1 aliphatic carbocycles. The molecule has 2 aliphatic rings. The molecular weight excluding hydrogens is 414 g/mol. The van der Waals surface area contributed by atoms with Crippen LogP contribution in [0.5, 0.6) is 0 Å². The number of benzene rings is 1. The minimum Gasteiger partial charge on any atom is -0.384 e. The molecule has 2 heterocycles. The monoisotopic (exact) mass is 435 g/mol. The first-order chi connectivity index (χ1) is 14.5. The average Bonchev–Trinajstić information content (AvgIpc) is 3.20. The molecule has 4 rings (SSSR count). The summed E-state index contributed by atoms with van der Waals surface area (Å²) in [4.78, 5) is 14.9. The second-order valence-electron chi connectivity index (χ2n) is 7.18. The number of aryl methyl sites for hydroxylation is 1. The van der Waals surface area contributed by atoms with Crippen LogP contribution in [0.25, 0.3) is 0 Å².